The summed E-state index contributed by atoms with van der Waals surface area (Å²) in [6.45, 7) is 2.07. The molecule has 0 aliphatic heterocycles. The number of aryl methyl sites for hydroxylation is 1. The maximum atomic E-state index is 13.6. The van der Waals surface area contributed by atoms with Crippen LogP contribution in [0.4, 0.5) is 16.0 Å². The Morgan fingerprint density at radius 3 is 2.85 bits per heavy atom. The van der Waals surface area contributed by atoms with Gasteiger partial charge in [0.25, 0.3) is 0 Å². The summed E-state index contributed by atoms with van der Waals surface area (Å²) in [5.74, 6) is -0.0511. The molecule has 1 aromatic carbocycles. The fraction of sp³-hybridized carbons (Fsp3) is 0.143. The molecule has 3 rings (SSSR count). The Morgan fingerprint density at radius 1 is 1.30 bits per heavy atom. The number of hydrogen-bond acceptors (Lipinski definition) is 4. The first kappa shape index (κ1) is 13.3. The van der Waals surface area contributed by atoms with Gasteiger partial charge in [0.05, 0.1) is 5.69 Å². The Labute approximate surface area is 124 Å². The minimum atomic E-state index is -0.354. The van der Waals surface area contributed by atoms with Crippen LogP contribution in [0.2, 0.25) is 5.15 Å². The van der Waals surface area contributed by atoms with Crippen LogP contribution in [0.1, 0.15) is 11.8 Å². The highest BCUT2D eigenvalue weighted by Crippen LogP contribution is 2.30. The van der Waals surface area contributed by atoms with Gasteiger partial charge in [0, 0.05) is 10.3 Å². The van der Waals surface area contributed by atoms with Gasteiger partial charge < -0.3 is 5.32 Å². The van der Waals surface area contributed by atoms with Crippen molar-refractivity contribution in [3.8, 4) is 0 Å². The van der Waals surface area contributed by atoms with E-state index in [1.165, 1.54) is 10.9 Å². The van der Waals surface area contributed by atoms with Gasteiger partial charge >= 0.3 is 0 Å². The van der Waals surface area contributed by atoms with Crippen LogP contribution in [0.15, 0.2) is 30.3 Å². The molecular formula is C14H11ClFN3S. The number of hydrogen-bond donors (Lipinski definition) is 1. The zero-order chi connectivity index (χ0) is 14.1. The number of halogens is 2. The molecule has 0 unspecified atom stereocenters. The highest BCUT2D eigenvalue weighted by Gasteiger charge is 2.11. The Bertz CT molecular complexity index is 772. The molecule has 0 spiro atoms. The van der Waals surface area contributed by atoms with Crippen LogP contribution in [0, 0.1) is 5.82 Å². The first-order valence-corrected chi connectivity index (χ1v) is 7.34. The second-order valence-electron chi connectivity index (χ2n) is 4.23. The number of anilines is 2. The van der Waals surface area contributed by atoms with Crippen LogP contribution in [0.25, 0.3) is 10.2 Å². The predicted octanol–water partition coefficient (Wildman–Crippen LogP) is 4.79. The number of benzene rings is 1. The zero-order valence-corrected chi connectivity index (χ0v) is 12.2. The van der Waals surface area contributed by atoms with Gasteiger partial charge in [-0.2, -0.15) is 0 Å². The van der Waals surface area contributed by atoms with Crippen molar-refractivity contribution in [2.45, 2.75) is 13.3 Å². The molecule has 3 nitrogen and oxygen atoms in total. The van der Waals surface area contributed by atoms with E-state index in [0.29, 0.717) is 16.8 Å². The van der Waals surface area contributed by atoms with Gasteiger partial charge in [0.15, 0.2) is 0 Å². The summed E-state index contributed by atoms with van der Waals surface area (Å²) >= 11 is 7.73. The van der Waals surface area contributed by atoms with Gasteiger partial charge in [-0.25, -0.2) is 14.4 Å². The minimum Gasteiger partial charge on any atom is -0.322 e. The Kier molecular flexibility index (Phi) is 3.54. The molecule has 3 aromatic rings. The zero-order valence-electron chi connectivity index (χ0n) is 10.7. The molecule has 0 amide bonds. The van der Waals surface area contributed by atoms with E-state index < -0.39 is 0 Å². The summed E-state index contributed by atoms with van der Waals surface area (Å²) in [5, 5.41) is 4.08. The average molecular weight is 308 g/mol. The minimum absolute atomic E-state index is 0.303. The molecular weight excluding hydrogens is 297 g/mol. The molecule has 20 heavy (non-hydrogen) atoms. The fourth-order valence-corrected chi connectivity index (χ4v) is 3.10. The average Bonchev–Trinajstić information content (AvgIpc) is 2.85. The topological polar surface area (TPSA) is 37.8 Å². The van der Waals surface area contributed by atoms with Crippen LogP contribution < -0.4 is 5.32 Å². The summed E-state index contributed by atoms with van der Waals surface area (Å²) in [4.78, 5) is 10.6. The van der Waals surface area contributed by atoms with Gasteiger partial charge in [-0.3, -0.25) is 0 Å². The molecule has 2 heterocycles. The van der Waals surface area contributed by atoms with Crippen LogP contribution in [0.3, 0.4) is 0 Å². The Balaban J connectivity index is 2.02. The lowest BCUT2D eigenvalue weighted by atomic mass is 10.3. The maximum absolute atomic E-state index is 13.6. The SMILES string of the molecule is CCc1cc2c(Cl)nc(Nc3ccccc3F)nc2s1. The van der Waals surface area contributed by atoms with Crippen molar-refractivity contribution < 1.29 is 4.39 Å². The van der Waals surface area contributed by atoms with Crippen molar-refractivity contribution in [2.24, 2.45) is 0 Å². The normalized spacial score (nSPS) is 10.9. The van der Waals surface area contributed by atoms with E-state index in [1.807, 2.05) is 6.07 Å². The summed E-state index contributed by atoms with van der Waals surface area (Å²) in [6, 6.07) is 8.37. The molecule has 102 valence electrons. The molecule has 0 fully saturated rings. The molecule has 0 atom stereocenters. The maximum Gasteiger partial charge on any atom is 0.230 e. The van der Waals surface area contributed by atoms with Gasteiger partial charge in [0.1, 0.15) is 15.8 Å². The molecule has 0 aliphatic rings. The summed E-state index contributed by atoms with van der Waals surface area (Å²) in [5.41, 5.74) is 0.329. The molecule has 0 radical (unpaired) electrons. The van der Waals surface area contributed by atoms with E-state index in [1.54, 1.807) is 29.5 Å². The lowest BCUT2D eigenvalue weighted by molar-refractivity contribution is 0.631. The number of aromatic nitrogens is 2. The van der Waals surface area contributed by atoms with Crippen LogP contribution in [0.5, 0.6) is 0 Å². The molecule has 1 N–H and O–H groups in total. The van der Waals surface area contributed by atoms with Gasteiger partial charge in [-0.1, -0.05) is 30.7 Å². The van der Waals surface area contributed by atoms with Gasteiger partial charge in [-0.05, 0) is 24.6 Å². The first-order chi connectivity index (χ1) is 9.67. The van der Waals surface area contributed by atoms with Crippen LogP contribution in [-0.2, 0) is 6.42 Å². The van der Waals surface area contributed by atoms with Gasteiger partial charge in [0.2, 0.25) is 5.95 Å². The van der Waals surface area contributed by atoms with E-state index in [0.717, 1.165) is 16.6 Å². The van der Waals surface area contributed by atoms with Gasteiger partial charge in [-0.15, -0.1) is 11.3 Å². The van der Waals surface area contributed by atoms with Crippen molar-refractivity contribution in [1.29, 1.82) is 0 Å². The molecule has 2 aromatic heterocycles. The van der Waals surface area contributed by atoms with E-state index in [9.17, 15) is 4.39 Å². The Hall–Kier alpha value is -1.72. The molecule has 6 heteroatoms. The number of rotatable bonds is 3. The number of para-hydroxylation sites is 1. The lowest BCUT2D eigenvalue weighted by Crippen LogP contribution is -1.98. The summed E-state index contributed by atoms with van der Waals surface area (Å²) in [6.07, 6.45) is 0.924. The number of nitrogens with one attached hydrogen (secondary N) is 1. The molecule has 0 aliphatic carbocycles. The lowest BCUT2D eigenvalue weighted by Gasteiger charge is -2.06. The third-order valence-electron chi connectivity index (χ3n) is 2.87. The Morgan fingerprint density at radius 2 is 2.10 bits per heavy atom. The molecule has 0 saturated heterocycles. The monoisotopic (exact) mass is 307 g/mol. The number of nitrogens with zero attached hydrogens (tertiary/aromatic N) is 2. The third-order valence-corrected chi connectivity index (χ3v) is 4.33. The summed E-state index contributed by atoms with van der Waals surface area (Å²) < 4.78 is 13.6. The van der Waals surface area contributed by atoms with Crippen molar-refractivity contribution in [1.82, 2.24) is 9.97 Å². The highest BCUT2D eigenvalue weighted by atomic mass is 35.5. The smallest absolute Gasteiger partial charge is 0.230 e. The fourth-order valence-electron chi connectivity index (χ4n) is 1.85. The van der Waals surface area contributed by atoms with Crippen molar-refractivity contribution >= 4 is 44.8 Å². The highest BCUT2D eigenvalue weighted by molar-refractivity contribution is 7.18. The summed E-state index contributed by atoms with van der Waals surface area (Å²) in [7, 11) is 0. The largest absolute Gasteiger partial charge is 0.322 e. The second-order valence-corrected chi connectivity index (χ2v) is 5.70. The van der Waals surface area contributed by atoms with E-state index in [-0.39, 0.29) is 5.82 Å². The van der Waals surface area contributed by atoms with Crippen molar-refractivity contribution in [3.63, 3.8) is 0 Å². The van der Waals surface area contributed by atoms with E-state index in [4.69, 9.17) is 11.6 Å². The second kappa shape index (κ2) is 5.34. The van der Waals surface area contributed by atoms with E-state index in [2.05, 4.69) is 22.2 Å². The standard InChI is InChI=1S/C14H11ClFN3S/c1-2-8-7-9-12(15)18-14(19-13(9)20-8)17-11-6-4-3-5-10(11)16/h3-7H,2H2,1H3,(H,17,18,19). The van der Waals surface area contributed by atoms with Crippen LogP contribution in [-0.4, -0.2) is 9.97 Å². The van der Waals surface area contributed by atoms with Crippen molar-refractivity contribution in [3.05, 3.63) is 46.2 Å². The van der Waals surface area contributed by atoms with Crippen LogP contribution >= 0.6 is 22.9 Å². The first-order valence-electron chi connectivity index (χ1n) is 6.15. The molecule has 0 saturated carbocycles. The number of thiophene rings is 1. The van der Waals surface area contributed by atoms with E-state index >= 15 is 0 Å². The molecule has 0 bridgehead atoms. The predicted molar refractivity (Wildman–Crippen MR) is 81.5 cm³/mol. The van der Waals surface area contributed by atoms with Crippen molar-refractivity contribution in [2.75, 3.05) is 5.32 Å². The third kappa shape index (κ3) is 2.46. The quantitative estimate of drug-likeness (QED) is 0.707. The number of fused-ring (bicyclic) bond motifs is 1.